The number of fused-ring (bicyclic) bond motifs is 1. The molecule has 1 heterocycles. The van der Waals surface area contributed by atoms with Gasteiger partial charge in [-0.1, -0.05) is 34.1 Å². The largest absolute Gasteiger partial charge is 0.485 e. The third-order valence-corrected chi connectivity index (χ3v) is 3.85. The third kappa shape index (κ3) is 2.38. The second kappa shape index (κ2) is 4.94. The Bertz CT molecular complexity index is 617. The van der Waals surface area contributed by atoms with Crippen LogP contribution in [-0.4, -0.2) is 0 Å². The van der Waals surface area contributed by atoms with E-state index >= 15 is 0 Å². The summed E-state index contributed by atoms with van der Waals surface area (Å²) in [6.45, 7) is 0. The van der Waals surface area contributed by atoms with Crippen LogP contribution in [0.1, 0.15) is 29.7 Å². The summed E-state index contributed by atoms with van der Waals surface area (Å²) in [5.74, 6) is 0.482. The SMILES string of the molecule is N[C@H]1CC(c2ccccc2F)Oc2ccc(Br)cc21. The van der Waals surface area contributed by atoms with Crippen molar-refractivity contribution >= 4 is 15.9 Å². The molecule has 0 fully saturated rings. The van der Waals surface area contributed by atoms with E-state index in [1.54, 1.807) is 12.1 Å². The summed E-state index contributed by atoms with van der Waals surface area (Å²) in [5.41, 5.74) is 7.69. The molecule has 0 amide bonds. The van der Waals surface area contributed by atoms with Crippen LogP contribution in [0.5, 0.6) is 5.75 Å². The topological polar surface area (TPSA) is 35.2 Å². The van der Waals surface area contributed by atoms with Gasteiger partial charge in [-0.3, -0.25) is 0 Å². The van der Waals surface area contributed by atoms with Crippen LogP contribution in [0.25, 0.3) is 0 Å². The van der Waals surface area contributed by atoms with Crippen molar-refractivity contribution in [3.05, 3.63) is 63.9 Å². The number of benzene rings is 2. The van der Waals surface area contributed by atoms with Crippen molar-refractivity contribution in [1.29, 1.82) is 0 Å². The quantitative estimate of drug-likeness (QED) is 0.857. The maximum Gasteiger partial charge on any atom is 0.130 e. The Labute approximate surface area is 119 Å². The van der Waals surface area contributed by atoms with Crippen molar-refractivity contribution < 1.29 is 9.13 Å². The van der Waals surface area contributed by atoms with Gasteiger partial charge >= 0.3 is 0 Å². The molecule has 19 heavy (non-hydrogen) atoms. The van der Waals surface area contributed by atoms with E-state index in [0.29, 0.717) is 12.0 Å². The van der Waals surface area contributed by atoms with Crippen molar-refractivity contribution in [1.82, 2.24) is 0 Å². The van der Waals surface area contributed by atoms with Crippen molar-refractivity contribution in [3.8, 4) is 5.75 Å². The molecule has 0 saturated carbocycles. The zero-order chi connectivity index (χ0) is 13.4. The molecule has 1 aliphatic heterocycles. The zero-order valence-electron chi connectivity index (χ0n) is 10.1. The average molecular weight is 322 g/mol. The van der Waals surface area contributed by atoms with Crippen molar-refractivity contribution in [3.63, 3.8) is 0 Å². The number of ether oxygens (including phenoxy) is 1. The van der Waals surface area contributed by atoms with Gasteiger partial charge in [-0.15, -0.1) is 0 Å². The molecule has 0 spiro atoms. The average Bonchev–Trinajstić information content (AvgIpc) is 2.40. The summed E-state index contributed by atoms with van der Waals surface area (Å²) < 4.78 is 20.7. The van der Waals surface area contributed by atoms with Gasteiger partial charge in [-0.05, 0) is 24.3 Å². The molecular formula is C15H13BrFNO. The standard InChI is InChI=1S/C15H13BrFNO/c16-9-5-6-14-11(7-9)13(18)8-15(19-14)10-3-1-2-4-12(10)17/h1-7,13,15H,8,18H2/t13-,15?/m0/s1. The smallest absolute Gasteiger partial charge is 0.130 e. The molecular weight excluding hydrogens is 309 g/mol. The third-order valence-electron chi connectivity index (χ3n) is 3.36. The minimum Gasteiger partial charge on any atom is -0.485 e. The maximum absolute atomic E-state index is 13.8. The molecule has 0 aromatic heterocycles. The molecule has 1 aliphatic rings. The number of hydrogen-bond acceptors (Lipinski definition) is 2. The van der Waals surface area contributed by atoms with Gasteiger partial charge in [0.05, 0.1) is 0 Å². The summed E-state index contributed by atoms with van der Waals surface area (Å²) >= 11 is 3.42. The number of rotatable bonds is 1. The first-order valence-electron chi connectivity index (χ1n) is 6.11. The lowest BCUT2D eigenvalue weighted by atomic mass is 9.93. The van der Waals surface area contributed by atoms with Gasteiger partial charge in [0.1, 0.15) is 17.7 Å². The van der Waals surface area contributed by atoms with Gasteiger partial charge in [-0.2, -0.15) is 0 Å². The zero-order valence-corrected chi connectivity index (χ0v) is 11.7. The van der Waals surface area contributed by atoms with Crippen LogP contribution < -0.4 is 10.5 Å². The van der Waals surface area contributed by atoms with Crippen LogP contribution in [0.2, 0.25) is 0 Å². The molecule has 1 unspecified atom stereocenters. The fraction of sp³-hybridized carbons (Fsp3) is 0.200. The van der Waals surface area contributed by atoms with E-state index in [2.05, 4.69) is 15.9 Å². The molecule has 2 aromatic carbocycles. The molecule has 0 saturated heterocycles. The monoisotopic (exact) mass is 321 g/mol. The highest BCUT2D eigenvalue weighted by molar-refractivity contribution is 9.10. The molecule has 4 heteroatoms. The Kier molecular flexibility index (Phi) is 3.29. The molecule has 0 aliphatic carbocycles. The van der Waals surface area contributed by atoms with Gasteiger partial charge in [0, 0.05) is 28.1 Å². The van der Waals surface area contributed by atoms with Gasteiger partial charge in [0.15, 0.2) is 0 Å². The minimum atomic E-state index is -0.329. The van der Waals surface area contributed by atoms with Gasteiger partial charge < -0.3 is 10.5 Å². The van der Waals surface area contributed by atoms with Crippen molar-refractivity contribution in [2.75, 3.05) is 0 Å². The van der Waals surface area contributed by atoms with E-state index in [9.17, 15) is 4.39 Å². The molecule has 0 radical (unpaired) electrons. The Morgan fingerprint density at radius 1 is 1.16 bits per heavy atom. The number of nitrogens with two attached hydrogens (primary N) is 1. The van der Waals surface area contributed by atoms with Gasteiger partial charge in [-0.25, -0.2) is 4.39 Å². The highest BCUT2D eigenvalue weighted by Crippen LogP contribution is 2.41. The second-order valence-corrected chi connectivity index (χ2v) is 5.57. The predicted molar refractivity (Wildman–Crippen MR) is 75.5 cm³/mol. The Hall–Kier alpha value is -1.39. The van der Waals surface area contributed by atoms with Crippen LogP contribution in [0.4, 0.5) is 4.39 Å². The summed E-state index contributed by atoms with van der Waals surface area (Å²) in [6.07, 6.45) is 0.245. The van der Waals surface area contributed by atoms with E-state index in [0.717, 1.165) is 15.8 Å². The summed E-state index contributed by atoms with van der Waals surface area (Å²) in [7, 11) is 0. The van der Waals surface area contributed by atoms with Crippen LogP contribution in [-0.2, 0) is 0 Å². The molecule has 2 atom stereocenters. The van der Waals surface area contributed by atoms with Crippen molar-refractivity contribution in [2.24, 2.45) is 5.73 Å². The molecule has 0 bridgehead atoms. The first kappa shape index (κ1) is 12.6. The lowest BCUT2D eigenvalue weighted by Gasteiger charge is -2.30. The Morgan fingerprint density at radius 3 is 2.74 bits per heavy atom. The normalized spacial score (nSPS) is 21.6. The lowest BCUT2D eigenvalue weighted by Crippen LogP contribution is -2.24. The first-order valence-corrected chi connectivity index (χ1v) is 6.90. The fourth-order valence-electron chi connectivity index (χ4n) is 2.40. The molecule has 3 rings (SSSR count). The van der Waals surface area contributed by atoms with E-state index in [4.69, 9.17) is 10.5 Å². The first-order chi connectivity index (χ1) is 9.15. The van der Waals surface area contributed by atoms with E-state index in [1.807, 2.05) is 24.3 Å². The molecule has 2 nitrogen and oxygen atoms in total. The maximum atomic E-state index is 13.8. The van der Waals surface area contributed by atoms with E-state index in [1.165, 1.54) is 6.07 Å². The van der Waals surface area contributed by atoms with Crippen LogP contribution >= 0.6 is 15.9 Å². The molecule has 2 N–H and O–H groups in total. The summed E-state index contributed by atoms with van der Waals surface area (Å²) in [5, 5.41) is 0. The minimum absolute atomic E-state index is 0.147. The highest BCUT2D eigenvalue weighted by atomic mass is 79.9. The van der Waals surface area contributed by atoms with Crippen molar-refractivity contribution in [2.45, 2.75) is 18.6 Å². The van der Waals surface area contributed by atoms with E-state index < -0.39 is 0 Å². The van der Waals surface area contributed by atoms with Crippen LogP contribution in [0.15, 0.2) is 46.9 Å². The Balaban J connectivity index is 1.97. The number of hydrogen-bond donors (Lipinski definition) is 1. The summed E-state index contributed by atoms with van der Waals surface area (Å²) in [4.78, 5) is 0. The second-order valence-electron chi connectivity index (χ2n) is 4.65. The molecule has 2 aromatic rings. The Morgan fingerprint density at radius 2 is 1.95 bits per heavy atom. The van der Waals surface area contributed by atoms with Gasteiger partial charge in [0.2, 0.25) is 0 Å². The van der Waals surface area contributed by atoms with Crippen LogP contribution in [0, 0.1) is 5.82 Å². The fourth-order valence-corrected chi connectivity index (χ4v) is 2.78. The van der Waals surface area contributed by atoms with E-state index in [-0.39, 0.29) is 18.0 Å². The van der Waals surface area contributed by atoms with Crippen LogP contribution in [0.3, 0.4) is 0 Å². The molecule has 98 valence electrons. The highest BCUT2D eigenvalue weighted by Gasteiger charge is 2.28. The lowest BCUT2D eigenvalue weighted by molar-refractivity contribution is 0.157. The predicted octanol–water partition coefficient (Wildman–Crippen LogP) is 4.11. The number of halogens is 2. The van der Waals surface area contributed by atoms with Gasteiger partial charge in [0.25, 0.3) is 0 Å². The summed E-state index contributed by atoms with van der Waals surface area (Å²) in [6, 6.07) is 12.2.